The summed E-state index contributed by atoms with van der Waals surface area (Å²) in [5, 5.41) is 7.12. The number of hydrogen-bond donors (Lipinski definition) is 1. The van der Waals surface area contributed by atoms with E-state index in [4.69, 9.17) is 14.3 Å². The number of carboxylic acid groups (broad SMARTS) is 1. The molecule has 0 radical (unpaired) electrons. The van der Waals surface area contributed by atoms with Crippen LogP contribution in [0.4, 0.5) is 18.9 Å². The number of carbonyl (C=O) groups excluding carboxylic acids is 1. The van der Waals surface area contributed by atoms with Crippen LogP contribution in [0.5, 0.6) is 0 Å². The van der Waals surface area contributed by atoms with Gasteiger partial charge in [0, 0.05) is 37.3 Å². The van der Waals surface area contributed by atoms with Gasteiger partial charge in [0.25, 0.3) is 0 Å². The Balaban J connectivity index is 0.000000383. The van der Waals surface area contributed by atoms with Crippen LogP contribution in [0.25, 0.3) is 0 Å². The molecule has 0 spiro atoms. The third-order valence-corrected chi connectivity index (χ3v) is 6.32. The second kappa shape index (κ2) is 10.4. The van der Waals surface area contributed by atoms with Crippen LogP contribution in [-0.4, -0.2) is 59.7 Å². The minimum absolute atomic E-state index is 0.0371. The van der Waals surface area contributed by atoms with E-state index in [0.29, 0.717) is 18.2 Å². The number of carbonyl (C=O) groups is 2. The lowest BCUT2D eigenvalue weighted by Gasteiger charge is -2.28. The Morgan fingerprint density at radius 2 is 1.91 bits per heavy atom. The SMILES string of the molecule is Cc1cc(N2CC[C@H](N3CCC[C@@H]3C)C2)ccc1CC(=O)c1ccco1.O=C(O)C(F)(F)F. The summed E-state index contributed by atoms with van der Waals surface area (Å²) in [5.74, 6) is -2.28. The Hall–Kier alpha value is -2.81. The van der Waals surface area contributed by atoms with Crippen molar-refractivity contribution in [2.45, 2.75) is 57.8 Å². The molecule has 180 valence electrons. The molecule has 2 aliphatic heterocycles. The number of likely N-dealkylation sites (tertiary alicyclic amines) is 1. The highest BCUT2D eigenvalue weighted by molar-refractivity contribution is 5.95. The molecule has 0 aliphatic carbocycles. The van der Waals surface area contributed by atoms with Crippen LogP contribution in [0.3, 0.4) is 0 Å². The Kier molecular flexibility index (Phi) is 7.84. The highest BCUT2D eigenvalue weighted by Gasteiger charge is 2.38. The number of nitrogens with zero attached hydrogens (tertiary/aromatic N) is 2. The summed E-state index contributed by atoms with van der Waals surface area (Å²) in [4.78, 5) is 26.4. The van der Waals surface area contributed by atoms with E-state index in [0.717, 1.165) is 24.7 Å². The molecular formula is C24H29F3N2O4. The summed E-state index contributed by atoms with van der Waals surface area (Å²) in [6.45, 7) is 7.97. The van der Waals surface area contributed by atoms with Crippen molar-refractivity contribution >= 4 is 17.4 Å². The third kappa shape index (κ3) is 6.37. The smallest absolute Gasteiger partial charge is 0.475 e. The topological polar surface area (TPSA) is 74.0 Å². The van der Waals surface area contributed by atoms with Crippen LogP contribution < -0.4 is 4.90 Å². The zero-order valence-corrected chi connectivity index (χ0v) is 18.8. The molecule has 0 unspecified atom stereocenters. The van der Waals surface area contributed by atoms with Gasteiger partial charge in [-0.3, -0.25) is 9.69 Å². The number of hydrogen-bond acceptors (Lipinski definition) is 5. The number of carboxylic acids is 1. The second-order valence-electron chi connectivity index (χ2n) is 8.61. The van der Waals surface area contributed by atoms with Crippen molar-refractivity contribution in [3.63, 3.8) is 0 Å². The maximum Gasteiger partial charge on any atom is 0.490 e. The molecule has 2 atom stereocenters. The molecule has 0 bridgehead atoms. The summed E-state index contributed by atoms with van der Waals surface area (Å²) in [6.07, 6.45) is 0.799. The predicted octanol–water partition coefficient (Wildman–Crippen LogP) is 4.71. The number of alkyl halides is 3. The number of halogens is 3. The quantitative estimate of drug-likeness (QED) is 0.644. The van der Waals surface area contributed by atoms with Gasteiger partial charge in [0.05, 0.1) is 6.26 Å². The Bertz CT molecular complexity index is 959. The highest BCUT2D eigenvalue weighted by Crippen LogP contribution is 2.29. The molecule has 1 aromatic heterocycles. The number of aliphatic carboxylic acids is 1. The second-order valence-corrected chi connectivity index (χ2v) is 8.61. The van der Waals surface area contributed by atoms with Crippen LogP contribution in [0, 0.1) is 6.92 Å². The van der Waals surface area contributed by atoms with Crippen LogP contribution in [0.15, 0.2) is 41.0 Å². The minimum Gasteiger partial charge on any atom is -0.475 e. The van der Waals surface area contributed by atoms with E-state index in [9.17, 15) is 18.0 Å². The maximum absolute atomic E-state index is 12.3. The molecule has 2 aliphatic rings. The molecule has 2 fully saturated rings. The maximum atomic E-state index is 12.3. The van der Waals surface area contributed by atoms with Crippen molar-refractivity contribution in [2.24, 2.45) is 0 Å². The van der Waals surface area contributed by atoms with E-state index in [-0.39, 0.29) is 5.78 Å². The molecule has 33 heavy (non-hydrogen) atoms. The van der Waals surface area contributed by atoms with Gasteiger partial charge in [-0.15, -0.1) is 0 Å². The van der Waals surface area contributed by atoms with Crippen molar-refractivity contribution in [2.75, 3.05) is 24.5 Å². The Morgan fingerprint density at radius 3 is 2.45 bits per heavy atom. The van der Waals surface area contributed by atoms with Gasteiger partial charge >= 0.3 is 12.1 Å². The van der Waals surface area contributed by atoms with E-state index in [1.807, 2.05) is 0 Å². The van der Waals surface area contributed by atoms with Crippen molar-refractivity contribution in [1.82, 2.24) is 4.90 Å². The van der Waals surface area contributed by atoms with Gasteiger partial charge in [-0.2, -0.15) is 13.2 Å². The first kappa shape index (κ1) is 24.8. The lowest BCUT2D eigenvalue weighted by Crippen LogP contribution is -2.39. The number of aryl methyl sites for hydroxylation is 1. The fraction of sp³-hybridized carbons (Fsp3) is 0.500. The molecule has 2 aromatic rings. The van der Waals surface area contributed by atoms with Crippen LogP contribution in [-0.2, 0) is 11.2 Å². The molecule has 3 heterocycles. The van der Waals surface area contributed by atoms with E-state index < -0.39 is 12.1 Å². The molecule has 4 rings (SSSR count). The molecule has 0 saturated carbocycles. The number of benzene rings is 1. The first-order valence-electron chi connectivity index (χ1n) is 11.0. The average Bonchev–Trinajstić information content (AvgIpc) is 3.50. The van der Waals surface area contributed by atoms with Crippen LogP contribution in [0.2, 0.25) is 0 Å². The van der Waals surface area contributed by atoms with Gasteiger partial charge < -0.3 is 14.4 Å². The van der Waals surface area contributed by atoms with Gasteiger partial charge in [0.1, 0.15) is 0 Å². The fourth-order valence-electron chi connectivity index (χ4n) is 4.52. The van der Waals surface area contributed by atoms with Gasteiger partial charge in [-0.05, 0) is 75.0 Å². The van der Waals surface area contributed by atoms with E-state index >= 15 is 0 Å². The number of furan rings is 1. The van der Waals surface area contributed by atoms with Gasteiger partial charge in [-0.1, -0.05) is 6.07 Å². The van der Waals surface area contributed by atoms with Crippen molar-refractivity contribution in [3.8, 4) is 0 Å². The van der Waals surface area contributed by atoms with Crippen molar-refractivity contribution < 1.29 is 32.3 Å². The molecule has 1 N–H and O–H groups in total. The summed E-state index contributed by atoms with van der Waals surface area (Å²) in [6, 6.07) is 11.4. The normalized spacial score (nSPS) is 21.1. The lowest BCUT2D eigenvalue weighted by molar-refractivity contribution is -0.192. The van der Waals surface area contributed by atoms with E-state index in [1.54, 1.807) is 18.4 Å². The summed E-state index contributed by atoms with van der Waals surface area (Å²) >= 11 is 0. The molecule has 6 nitrogen and oxygen atoms in total. The van der Waals surface area contributed by atoms with Gasteiger partial charge in [0.2, 0.25) is 5.78 Å². The highest BCUT2D eigenvalue weighted by atomic mass is 19.4. The van der Waals surface area contributed by atoms with Crippen molar-refractivity contribution in [1.29, 1.82) is 0 Å². The molecule has 0 amide bonds. The summed E-state index contributed by atoms with van der Waals surface area (Å²) < 4.78 is 37.0. The monoisotopic (exact) mass is 466 g/mol. The fourth-order valence-corrected chi connectivity index (χ4v) is 4.52. The number of Topliss-reactive ketones (excluding diaryl/α,β-unsaturated/α-hetero) is 1. The van der Waals surface area contributed by atoms with Crippen LogP contribution >= 0.6 is 0 Å². The minimum atomic E-state index is -5.08. The number of rotatable bonds is 5. The summed E-state index contributed by atoms with van der Waals surface area (Å²) in [7, 11) is 0. The Morgan fingerprint density at radius 1 is 1.18 bits per heavy atom. The van der Waals surface area contributed by atoms with Crippen molar-refractivity contribution in [3.05, 3.63) is 53.5 Å². The standard InChI is InChI=1S/C22H28N2O2.C2HF3O2/c1-16-13-19(8-7-18(16)14-21(25)22-6-4-12-26-22)23-11-9-20(15-23)24-10-3-5-17(24)2;3-2(4,5)1(6)7/h4,6-8,12-13,17,20H,3,5,9-11,14-15H2,1-2H3;(H,6,7)/t17-,20-;/m0./s1. The number of anilines is 1. The zero-order chi connectivity index (χ0) is 24.2. The van der Waals surface area contributed by atoms with E-state index in [1.165, 1.54) is 37.1 Å². The van der Waals surface area contributed by atoms with Gasteiger partial charge in [-0.25, -0.2) is 4.79 Å². The molecule has 9 heteroatoms. The molecule has 2 saturated heterocycles. The van der Waals surface area contributed by atoms with Crippen LogP contribution in [0.1, 0.15) is 47.9 Å². The Labute approximate surface area is 191 Å². The first-order chi connectivity index (χ1) is 15.6. The molecule has 1 aromatic carbocycles. The number of ketones is 1. The van der Waals surface area contributed by atoms with Gasteiger partial charge in [0.15, 0.2) is 5.76 Å². The third-order valence-electron chi connectivity index (χ3n) is 6.32. The molecular weight excluding hydrogens is 437 g/mol. The van der Waals surface area contributed by atoms with E-state index in [2.05, 4.69) is 41.8 Å². The summed E-state index contributed by atoms with van der Waals surface area (Å²) in [5.41, 5.74) is 3.55. The lowest BCUT2D eigenvalue weighted by atomic mass is 10.0. The zero-order valence-electron chi connectivity index (χ0n) is 18.8. The predicted molar refractivity (Wildman–Crippen MR) is 118 cm³/mol. The average molecular weight is 467 g/mol. The first-order valence-corrected chi connectivity index (χ1v) is 11.0. The largest absolute Gasteiger partial charge is 0.490 e.